The Bertz CT molecular complexity index is 1210. The van der Waals surface area contributed by atoms with E-state index in [1.165, 1.54) is 23.0 Å². The Hall–Kier alpha value is -3.32. The highest BCUT2D eigenvalue weighted by Gasteiger charge is 2.21. The molecule has 1 amide bonds. The molecule has 3 aromatic heterocycles. The van der Waals surface area contributed by atoms with Crippen molar-refractivity contribution in [3.05, 3.63) is 98.7 Å². The highest BCUT2D eigenvalue weighted by atomic mass is 32.1. The topological polar surface area (TPSA) is 76.4 Å². The first-order valence-electron chi connectivity index (χ1n) is 8.78. The molecule has 7 heteroatoms. The highest BCUT2D eigenvalue weighted by Crippen LogP contribution is 2.24. The van der Waals surface area contributed by atoms with E-state index in [4.69, 9.17) is 0 Å². The first kappa shape index (κ1) is 18.1. The fourth-order valence-electron chi connectivity index (χ4n) is 3.08. The van der Waals surface area contributed by atoms with Gasteiger partial charge in [0.05, 0.1) is 6.04 Å². The molecule has 4 aromatic rings. The molecule has 0 fully saturated rings. The summed E-state index contributed by atoms with van der Waals surface area (Å²) in [5.41, 5.74) is 3.96. The maximum atomic E-state index is 13.1. The molecule has 0 aliphatic carbocycles. The van der Waals surface area contributed by atoms with E-state index < -0.39 is 11.6 Å². The summed E-state index contributed by atoms with van der Waals surface area (Å²) in [6, 6.07) is 10.7. The van der Waals surface area contributed by atoms with Gasteiger partial charge in [0.1, 0.15) is 5.69 Å². The van der Waals surface area contributed by atoms with Crippen LogP contribution in [0.1, 0.15) is 38.8 Å². The Morgan fingerprint density at radius 3 is 2.75 bits per heavy atom. The van der Waals surface area contributed by atoms with Gasteiger partial charge in [0.2, 0.25) is 0 Å². The summed E-state index contributed by atoms with van der Waals surface area (Å²) in [6.07, 6.45) is 5.16. The molecule has 0 radical (unpaired) electrons. The summed E-state index contributed by atoms with van der Waals surface area (Å²) in [5.74, 6) is -0.347. The minimum absolute atomic E-state index is 0.258. The molecule has 0 bridgehead atoms. The number of hydrogen-bond donors (Lipinski definition) is 1. The monoisotopic (exact) mass is 390 g/mol. The average molecular weight is 390 g/mol. The van der Waals surface area contributed by atoms with Gasteiger partial charge in [-0.2, -0.15) is 4.98 Å². The predicted octanol–water partition coefficient (Wildman–Crippen LogP) is 3.29. The molecule has 1 atom stereocenters. The molecule has 1 N–H and O–H groups in total. The Kier molecular flexibility index (Phi) is 4.75. The molecule has 0 aliphatic rings. The third-order valence-electron chi connectivity index (χ3n) is 4.71. The Labute approximate surface area is 165 Å². The second-order valence-corrected chi connectivity index (χ2v) is 7.44. The molecule has 0 saturated heterocycles. The number of aryl methyl sites for hydroxylation is 2. The van der Waals surface area contributed by atoms with Gasteiger partial charge in [-0.3, -0.25) is 19.0 Å². The van der Waals surface area contributed by atoms with Crippen LogP contribution in [0.15, 0.2) is 65.2 Å². The molecule has 0 spiro atoms. The van der Waals surface area contributed by atoms with E-state index in [-0.39, 0.29) is 11.6 Å². The average Bonchev–Trinajstić information content (AvgIpc) is 3.16. The van der Waals surface area contributed by atoms with E-state index in [1.807, 2.05) is 38.1 Å². The summed E-state index contributed by atoms with van der Waals surface area (Å²) in [7, 11) is 0. The van der Waals surface area contributed by atoms with Crippen molar-refractivity contribution >= 4 is 22.2 Å². The normalized spacial score (nSPS) is 12.1. The van der Waals surface area contributed by atoms with Gasteiger partial charge in [-0.1, -0.05) is 24.3 Å². The second kappa shape index (κ2) is 7.36. The van der Waals surface area contributed by atoms with Crippen LogP contribution in [-0.4, -0.2) is 20.3 Å². The van der Waals surface area contributed by atoms with E-state index in [9.17, 15) is 9.59 Å². The number of nitrogens with zero attached hydrogens (tertiary/aromatic N) is 3. The lowest BCUT2D eigenvalue weighted by Crippen LogP contribution is -2.32. The molecular weight excluding hydrogens is 372 g/mol. The van der Waals surface area contributed by atoms with Gasteiger partial charge in [-0.05, 0) is 42.2 Å². The van der Waals surface area contributed by atoms with Crippen LogP contribution in [0.5, 0.6) is 0 Å². The number of hydrogen-bond acceptors (Lipinski definition) is 5. The minimum Gasteiger partial charge on any atom is -0.340 e. The van der Waals surface area contributed by atoms with Gasteiger partial charge in [0.25, 0.3) is 11.5 Å². The van der Waals surface area contributed by atoms with Crippen molar-refractivity contribution in [1.82, 2.24) is 19.7 Å². The van der Waals surface area contributed by atoms with Crippen LogP contribution in [0, 0.1) is 13.8 Å². The first-order chi connectivity index (χ1) is 13.5. The predicted molar refractivity (Wildman–Crippen MR) is 109 cm³/mol. The van der Waals surface area contributed by atoms with Crippen LogP contribution in [-0.2, 0) is 0 Å². The Morgan fingerprint density at radius 1 is 1.14 bits per heavy atom. The van der Waals surface area contributed by atoms with Gasteiger partial charge < -0.3 is 5.32 Å². The van der Waals surface area contributed by atoms with Crippen molar-refractivity contribution < 1.29 is 4.79 Å². The highest BCUT2D eigenvalue weighted by molar-refractivity contribution is 7.15. The van der Waals surface area contributed by atoms with Crippen molar-refractivity contribution in [3.8, 4) is 0 Å². The lowest BCUT2D eigenvalue weighted by Gasteiger charge is -2.20. The van der Waals surface area contributed by atoms with E-state index in [0.717, 1.165) is 16.7 Å². The number of thiazole rings is 1. The standard InChI is InChI=1S/C21H18N4O2S/c1-13-5-6-15(10-14(13)2)19(16-4-3-7-22-12-16)24-20(27)17-11-18(26)23-21-25(17)8-9-28-21/h3-12,19H,1-2H3,(H,24,27). The number of amides is 1. The fourth-order valence-corrected chi connectivity index (χ4v) is 3.80. The zero-order valence-electron chi connectivity index (χ0n) is 15.4. The molecule has 140 valence electrons. The summed E-state index contributed by atoms with van der Waals surface area (Å²) in [4.78, 5) is 33.6. The molecule has 1 unspecified atom stereocenters. The van der Waals surface area contributed by atoms with E-state index in [0.29, 0.717) is 4.96 Å². The number of carbonyl (C=O) groups is 1. The molecule has 4 rings (SSSR count). The maximum Gasteiger partial charge on any atom is 0.274 e. The molecule has 28 heavy (non-hydrogen) atoms. The van der Waals surface area contributed by atoms with Crippen LogP contribution in [0.4, 0.5) is 0 Å². The number of aromatic nitrogens is 3. The van der Waals surface area contributed by atoms with E-state index in [2.05, 4.69) is 21.4 Å². The first-order valence-corrected chi connectivity index (χ1v) is 9.66. The third-order valence-corrected chi connectivity index (χ3v) is 5.46. The molecule has 1 aromatic carbocycles. The maximum absolute atomic E-state index is 13.1. The molecule has 0 aliphatic heterocycles. The summed E-state index contributed by atoms with van der Waals surface area (Å²) in [5, 5.41) is 4.85. The van der Waals surface area contributed by atoms with Gasteiger partial charge in [0, 0.05) is 30.0 Å². The second-order valence-electron chi connectivity index (χ2n) is 6.57. The van der Waals surface area contributed by atoms with Crippen molar-refractivity contribution in [2.24, 2.45) is 0 Å². The lowest BCUT2D eigenvalue weighted by molar-refractivity contribution is 0.0936. The Balaban J connectivity index is 1.77. The van der Waals surface area contributed by atoms with Gasteiger partial charge in [-0.15, -0.1) is 11.3 Å². The largest absolute Gasteiger partial charge is 0.340 e. The molecule has 6 nitrogen and oxygen atoms in total. The molecule has 0 saturated carbocycles. The van der Waals surface area contributed by atoms with Crippen LogP contribution in [0.2, 0.25) is 0 Å². The Morgan fingerprint density at radius 2 is 2.00 bits per heavy atom. The third kappa shape index (κ3) is 3.44. The fraction of sp³-hybridized carbons (Fsp3) is 0.143. The lowest BCUT2D eigenvalue weighted by atomic mass is 9.96. The van der Waals surface area contributed by atoms with Crippen LogP contribution >= 0.6 is 11.3 Å². The smallest absolute Gasteiger partial charge is 0.274 e. The molecular formula is C21H18N4O2S. The number of fused-ring (bicyclic) bond motifs is 1. The molecule has 3 heterocycles. The van der Waals surface area contributed by atoms with Crippen molar-refractivity contribution in [2.45, 2.75) is 19.9 Å². The van der Waals surface area contributed by atoms with E-state index in [1.54, 1.807) is 28.4 Å². The zero-order valence-corrected chi connectivity index (χ0v) is 16.2. The van der Waals surface area contributed by atoms with E-state index >= 15 is 0 Å². The quantitative estimate of drug-likeness (QED) is 0.580. The number of rotatable bonds is 4. The SMILES string of the molecule is Cc1ccc(C(NC(=O)c2cc(=O)nc3sccn23)c2cccnc2)cc1C. The van der Waals surface area contributed by atoms with Crippen molar-refractivity contribution in [1.29, 1.82) is 0 Å². The minimum atomic E-state index is -0.434. The van der Waals surface area contributed by atoms with Crippen LogP contribution in [0.25, 0.3) is 4.96 Å². The van der Waals surface area contributed by atoms with Crippen molar-refractivity contribution in [2.75, 3.05) is 0 Å². The summed E-state index contributed by atoms with van der Waals surface area (Å²) >= 11 is 1.31. The van der Waals surface area contributed by atoms with Gasteiger partial charge >= 0.3 is 0 Å². The van der Waals surface area contributed by atoms with Gasteiger partial charge in [0.15, 0.2) is 4.96 Å². The number of pyridine rings is 1. The number of benzene rings is 1. The van der Waals surface area contributed by atoms with Crippen LogP contribution < -0.4 is 10.9 Å². The summed E-state index contributed by atoms with van der Waals surface area (Å²) in [6.45, 7) is 4.09. The number of carbonyl (C=O) groups excluding carboxylic acids is 1. The van der Waals surface area contributed by atoms with Crippen LogP contribution in [0.3, 0.4) is 0 Å². The summed E-state index contributed by atoms with van der Waals surface area (Å²) < 4.78 is 1.63. The zero-order chi connectivity index (χ0) is 19.7. The number of nitrogens with one attached hydrogen (secondary N) is 1. The van der Waals surface area contributed by atoms with Gasteiger partial charge in [-0.25, -0.2) is 0 Å². The van der Waals surface area contributed by atoms with Crippen molar-refractivity contribution in [3.63, 3.8) is 0 Å².